The first-order chi connectivity index (χ1) is 39.1. The van der Waals surface area contributed by atoms with Crippen LogP contribution in [0.15, 0.2) is 72.8 Å². The molecule has 7 fully saturated rings. The van der Waals surface area contributed by atoms with E-state index in [1.165, 1.54) is 127 Å². The standard InChI is InChI=1S/C15H21N.2C14H19NO.C12H23N.C11H21N.5C2H6/c1-14(2,3)16-10-15(11-16)9-8-12-6-4-5-7-13(12)15;1-13(2,3)15-8-14(9-15)10-16-12-7-5-4-6-11(12)14;1-13(2,3)15-9-14(10-15)12-7-5-4-6-11(12)8-16-14;1-11(2,3)13-9-12(10-13)7-5-4-6-8-12;1-10(2,3)12-8-11(9-12)6-4-5-7-11;5*1-2/h4-7H,8-11H2,1-3H3;2*4-7H,8-10H2,1-3H3;4-10H2,1-3H3;4-9H2,1-3H3;5*1-2H3. The number of ether oxygens (including phenoxy) is 2. The van der Waals surface area contributed by atoms with Gasteiger partial charge in [0.15, 0.2) is 0 Å². The fourth-order valence-electron chi connectivity index (χ4n) is 14.2. The van der Waals surface area contributed by atoms with Crippen molar-refractivity contribution in [1.29, 1.82) is 0 Å². The first kappa shape index (κ1) is 72.7. The van der Waals surface area contributed by atoms with Crippen molar-refractivity contribution >= 4 is 0 Å². The molecule has 0 atom stereocenters. The third-order valence-corrected chi connectivity index (χ3v) is 19.7. The molecule has 0 bridgehead atoms. The monoisotopic (exact) mass is 1150 g/mol. The second kappa shape index (κ2) is 29.9. The summed E-state index contributed by atoms with van der Waals surface area (Å²) in [4.78, 5) is 12.9. The Bertz CT molecular complexity index is 2130. The van der Waals surface area contributed by atoms with Gasteiger partial charge in [-0.2, -0.15) is 0 Å². The second-order valence-electron chi connectivity index (χ2n) is 30.3. The van der Waals surface area contributed by atoms with Crippen LogP contribution in [0.5, 0.6) is 5.75 Å². The Labute approximate surface area is 515 Å². The predicted molar refractivity (Wildman–Crippen MR) is 363 cm³/mol. The maximum atomic E-state index is 6.03. The molecule has 13 rings (SSSR count). The van der Waals surface area contributed by atoms with E-state index in [2.05, 4.69) is 201 Å². The summed E-state index contributed by atoms with van der Waals surface area (Å²) in [5.74, 6) is 1.09. The molecule has 10 aliphatic rings. The highest BCUT2D eigenvalue weighted by atomic mass is 16.5. The van der Waals surface area contributed by atoms with Crippen molar-refractivity contribution in [1.82, 2.24) is 24.5 Å². The van der Waals surface area contributed by atoms with Crippen LogP contribution in [-0.4, -0.2) is 124 Å². The number of para-hydroxylation sites is 1. The lowest BCUT2D eigenvalue weighted by Crippen LogP contribution is -2.65. The van der Waals surface area contributed by atoms with Crippen molar-refractivity contribution in [2.24, 2.45) is 10.8 Å². The molecular formula is C76H133N5O2. The van der Waals surface area contributed by atoms with Crippen LogP contribution in [0, 0.1) is 10.8 Å². The molecule has 5 saturated heterocycles. The highest BCUT2D eigenvalue weighted by molar-refractivity contribution is 5.46. The van der Waals surface area contributed by atoms with Gasteiger partial charge in [-0.15, -0.1) is 0 Å². The Hall–Kier alpha value is -2.78. The summed E-state index contributed by atoms with van der Waals surface area (Å²) in [6, 6.07) is 26.2. The maximum absolute atomic E-state index is 6.03. The van der Waals surface area contributed by atoms with Crippen LogP contribution in [0.2, 0.25) is 0 Å². The largest absolute Gasteiger partial charge is 0.492 e. The van der Waals surface area contributed by atoms with E-state index in [0.717, 1.165) is 56.0 Å². The number of aryl methyl sites for hydroxylation is 1. The van der Waals surface area contributed by atoms with Crippen molar-refractivity contribution in [3.8, 4) is 5.75 Å². The fraction of sp³-hybridized carbons (Fsp3) is 0.763. The summed E-state index contributed by atoms with van der Waals surface area (Å²) in [5, 5.41) is 0. The molecule has 7 heterocycles. The van der Waals surface area contributed by atoms with E-state index >= 15 is 0 Å². The molecule has 0 radical (unpaired) electrons. The number of likely N-dealkylation sites (tertiary alicyclic amines) is 5. The van der Waals surface area contributed by atoms with E-state index in [4.69, 9.17) is 9.47 Å². The molecule has 5 spiro atoms. The first-order valence-electron chi connectivity index (χ1n) is 34.4. The zero-order valence-corrected chi connectivity index (χ0v) is 59.2. The number of rotatable bonds is 0. The summed E-state index contributed by atoms with van der Waals surface area (Å²) in [7, 11) is 0. The molecule has 474 valence electrons. The van der Waals surface area contributed by atoms with Gasteiger partial charge in [-0.3, -0.25) is 24.5 Å². The van der Waals surface area contributed by atoms with Gasteiger partial charge < -0.3 is 9.47 Å². The number of hydrogen-bond acceptors (Lipinski definition) is 7. The van der Waals surface area contributed by atoms with Gasteiger partial charge in [-0.1, -0.05) is 168 Å². The average Bonchev–Trinajstić information content (AvgIpc) is 2.04. The molecule has 7 heteroatoms. The molecule has 0 amide bonds. The second-order valence-corrected chi connectivity index (χ2v) is 30.3. The lowest BCUT2D eigenvalue weighted by Gasteiger charge is -2.57. The Morgan fingerprint density at radius 1 is 0.337 bits per heavy atom. The average molecular weight is 1150 g/mol. The number of hydrogen-bond donors (Lipinski definition) is 0. The van der Waals surface area contributed by atoms with Crippen LogP contribution >= 0.6 is 0 Å². The van der Waals surface area contributed by atoms with E-state index in [-0.39, 0.29) is 22.1 Å². The van der Waals surface area contributed by atoms with E-state index in [1.54, 1.807) is 11.1 Å². The van der Waals surface area contributed by atoms with Crippen molar-refractivity contribution in [2.45, 2.75) is 294 Å². The SMILES string of the molecule is CC.CC.CC.CC.CC.CC(C)(C)N1CC2(C1)OCc1ccccc12.CC(C)(C)N1CC2(CCCC2)C1.CC(C)(C)N1CC2(CCCCC2)C1.CC(C)(C)N1CC2(CCc3ccccc32)C1.CC(C)(C)N1CC2(COc3ccccc32)C1. The molecule has 0 unspecified atom stereocenters. The molecule has 3 aromatic carbocycles. The van der Waals surface area contributed by atoms with Crippen molar-refractivity contribution < 1.29 is 9.47 Å². The van der Waals surface area contributed by atoms with Gasteiger partial charge in [0, 0.05) is 104 Å². The van der Waals surface area contributed by atoms with E-state index in [0.29, 0.717) is 22.0 Å². The normalized spacial score (nSPS) is 22.4. The summed E-state index contributed by atoms with van der Waals surface area (Å²) >= 11 is 0. The third-order valence-electron chi connectivity index (χ3n) is 19.7. The van der Waals surface area contributed by atoms with Gasteiger partial charge in [-0.25, -0.2) is 0 Å². The minimum Gasteiger partial charge on any atom is -0.492 e. The summed E-state index contributed by atoms with van der Waals surface area (Å²) < 4.78 is 11.8. The van der Waals surface area contributed by atoms with Crippen LogP contribution in [0.4, 0.5) is 0 Å². The summed E-state index contributed by atoms with van der Waals surface area (Å²) in [5.41, 5.74) is 11.4. The molecule has 7 aliphatic heterocycles. The number of nitrogens with zero attached hydrogens (tertiary/aromatic N) is 5. The van der Waals surface area contributed by atoms with Crippen molar-refractivity contribution in [3.05, 3.63) is 101 Å². The lowest BCUT2D eigenvalue weighted by atomic mass is 9.67. The molecule has 3 aromatic rings. The molecule has 0 N–H and O–H groups in total. The maximum Gasteiger partial charge on any atom is 0.123 e. The predicted octanol–water partition coefficient (Wildman–Crippen LogP) is 18.8. The molecule has 7 nitrogen and oxygen atoms in total. The summed E-state index contributed by atoms with van der Waals surface area (Å²) in [6.07, 6.45) is 16.1. The first-order valence-corrected chi connectivity index (χ1v) is 34.4. The van der Waals surface area contributed by atoms with E-state index < -0.39 is 0 Å². The van der Waals surface area contributed by atoms with Gasteiger partial charge in [0.2, 0.25) is 0 Å². The molecular weight excluding hydrogens is 1010 g/mol. The smallest absolute Gasteiger partial charge is 0.123 e. The van der Waals surface area contributed by atoms with Crippen LogP contribution < -0.4 is 4.74 Å². The van der Waals surface area contributed by atoms with Crippen LogP contribution in [0.3, 0.4) is 0 Å². The highest BCUT2D eigenvalue weighted by Crippen LogP contribution is 2.51. The topological polar surface area (TPSA) is 34.7 Å². The van der Waals surface area contributed by atoms with Crippen LogP contribution in [0.1, 0.15) is 265 Å². The minimum absolute atomic E-state index is 0.00384. The zero-order chi connectivity index (χ0) is 62.5. The molecule has 0 aromatic heterocycles. The van der Waals surface area contributed by atoms with Gasteiger partial charge in [0.1, 0.15) is 18.0 Å². The molecule has 3 aliphatic carbocycles. The highest BCUT2D eigenvalue weighted by Gasteiger charge is 2.55. The number of benzene rings is 3. The van der Waals surface area contributed by atoms with Gasteiger partial charge in [0.05, 0.1) is 12.0 Å². The third kappa shape index (κ3) is 17.3. The zero-order valence-electron chi connectivity index (χ0n) is 59.2. The minimum atomic E-state index is 0.00384. The Balaban J connectivity index is 0.000000215. The van der Waals surface area contributed by atoms with Crippen LogP contribution in [0.25, 0.3) is 0 Å². The lowest BCUT2D eigenvalue weighted by molar-refractivity contribution is -0.167. The summed E-state index contributed by atoms with van der Waals surface area (Å²) in [6.45, 7) is 68.6. The van der Waals surface area contributed by atoms with Gasteiger partial charge in [0.25, 0.3) is 0 Å². The Morgan fingerprint density at radius 2 is 0.675 bits per heavy atom. The fourth-order valence-corrected chi connectivity index (χ4v) is 14.2. The van der Waals surface area contributed by atoms with Gasteiger partial charge in [-0.05, 0) is 182 Å². The Morgan fingerprint density at radius 3 is 1.11 bits per heavy atom. The number of fused-ring (bicyclic) bond motifs is 6. The molecule has 83 heavy (non-hydrogen) atoms. The van der Waals surface area contributed by atoms with Crippen molar-refractivity contribution in [2.75, 3.05) is 72.1 Å². The van der Waals surface area contributed by atoms with E-state index in [9.17, 15) is 0 Å². The quantitative estimate of drug-likeness (QED) is 0.222. The Kier molecular flexibility index (Phi) is 26.2. The van der Waals surface area contributed by atoms with Crippen molar-refractivity contribution in [3.63, 3.8) is 0 Å². The van der Waals surface area contributed by atoms with E-state index in [1.807, 2.05) is 69.2 Å². The molecule has 2 saturated carbocycles. The van der Waals surface area contributed by atoms with Crippen LogP contribution in [-0.2, 0) is 34.2 Å². The van der Waals surface area contributed by atoms with Gasteiger partial charge >= 0.3 is 0 Å².